The van der Waals surface area contributed by atoms with E-state index in [9.17, 15) is 14.7 Å². The number of nitrogens with zero attached hydrogens (tertiary/aromatic N) is 2. The van der Waals surface area contributed by atoms with Crippen molar-refractivity contribution in [3.05, 3.63) is 114 Å². The molecule has 224 valence electrons. The summed E-state index contributed by atoms with van der Waals surface area (Å²) in [5.74, 6) is 0.519. The van der Waals surface area contributed by atoms with Crippen molar-refractivity contribution < 1.29 is 19.4 Å². The van der Waals surface area contributed by atoms with Crippen LogP contribution in [-0.2, 0) is 10.2 Å². The molecular weight excluding hydrogens is 570 g/mol. The third-order valence-electron chi connectivity index (χ3n) is 7.18. The van der Waals surface area contributed by atoms with Gasteiger partial charge in [0.1, 0.15) is 16.5 Å². The number of carbonyl (C=O) groups is 2. The van der Waals surface area contributed by atoms with E-state index in [0.29, 0.717) is 21.9 Å². The van der Waals surface area contributed by atoms with E-state index >= 15 is 0 Å². The van der Waals surface area contributed by atoms with Crippen LogP contribution in [-0.4, -0.2) is 32.7 Å². The van der Waals surface area contributed by atoms with E-state index in [2.05, 4.69) is 48.2 Å². The number of carbonyl (C=O) groups excluding carboxylic acids is 1. The Labute approximate surface area is 261 Å². The Balaban J connectivity index is 1.39. The van der Waals surface area contributed by atoms with Crippen molar-refractivity contribution in [3.63, 3.8) is 0 Å². The van der Waals surface area contributed by atoms with E-state index < -0.39 is 17.9 Å². The molecule has 5 rings (SSSR count). The summed E-state index contributed by atoms with van der Waals surface area (Å²) in [5.41, 5.74) is 4.60. The molecule has 7 nitrogen and oxygen atoms in total. The molecule has 1 unspecified atom stereocenters. The maximum Gasteiger partial charge on any atom is 0.305 e. The molecule has 0 bridgehead atoms. The van der Waals surface area contributed by atoms with Crippen molar-refractivity contribution in [1.82, 2.24) is 15.3 Å². The van der Waals surface area contributed by atoms with Gasteiger partial charge in [-0.15, -0.1) is 11.8 Å². The van der Waals surface area contributed by atoms with Crippen molar-refractivity contribution >= 4 is 34.5 Å². The Morgan fingerprint density at radius 1 is 0.864 bits per heavy atom. The first-order valence-electron chi connectivity index (χ1n) is 14.5. The molecule has 4 aromatic carbocycles. The van der Waals surface area contributed by atoms with Gasteiger partial charge in [-0.2, -0.15) is 0 Å². The fourth-order valence-electron chi connectivity index (χ4n) is 4.84. The lowest BCUT2D eigenvalue weighted by molar-refractivity contribution is -0.137. The highest BCUT2D eigenvalue weighted by Gasteiger charge is 2.22. The highest BCUT2D eigenvalue weighted by atomic mass is 32.2. The second kappa shape index (κ2) is 13.3. The molecule has 0 aliphatic carbocycles. The number of ether oxygens (including phenoxy) is 1. The van der Waals surface area contributed by atoms with Crippen molar-refractivity contribution in [1.29, 1.82) is 0 Å². The third kappa shape index (κ3) is 7.44. The minimum Gasteiger partial charge on any atom is -0.481 e. The predicted octanol–water partition coefficient (Wildman–Crippen LogP) is 8.44. The van der Waals surface area contributed by atoms with Gasteiger partial charge in [-0.1, -0.05) is 94.4 Å². The number of aromatic nitrogens is 2. The maximum absolute atomic E-state index is 13.4. The van der Waals surface area contributed by atoms with Gasteiger partial charge in [0, 0.05) is 5.39 Å². The van der Waals surface area contributed by atoms with E-state index in [0.717, 1.165) is 28.0 Å². The molecule has 1 amide bonds. The molecule has 0 fully saturated rings. The summed E-state index contributed by atoms with van der Waals surface area (Å²) in [6.07, 6.45) is -0.280. The average molecular weight is 606 g/mol. The van der Waals surface area contributed by atoms with Crippen molar-refractivity contribution in [3.8, 4) is 22.6 Å². The van der Waals surface area contributed by atoms with Crippen LogP contribution < -0.4 is 10.1 Å². The van der Waals surface area contributed by atoms with Crippen molar-refractivity contribution in [2.45, 2.75) is 50.6 Å². The lowest BCUT2D eigenvalue weighted by Crippen LogP contribution is -2.31. The number of hydrogen-bond donors (Lipinski definition) is 2. The molecule has 0 aliphatic heterocycles. The third-order valence-corrected chi connectivity index (χ3v) is 8.05. The number of hydrogen-bond acceptors (Lipinski definition) is 6. The number of fused-ring (bicyclic) bond motifs is 1. The lowest BCUT2D eigenvalue weighted by Gasteiger charge is -2.19. The number of carboxylic acids is 1. The number of aliphatic carboxylic acids is 1. The van der Waals surface area contributed by atoms with Crippen LogP contribution in [0, 0.1) is 0 Å². The van der Waals surface area contributed by atoms with Crippen molar-refractivity contribution in [2.75, 3.05) is 5.75 Å². The normalized spacial score (nSPS) is 12.1. The first kappa shape index (κ1) is 30.8. The first-order chi connectivity index (χ1) is 21.1. The zero-order valence-corrected chi connectivity index (χ0v) is 26.0. The van der Waals surface area contributed by atoms with Crippen LogP contribution in [0.5, 0.6) is 11.5 Å². The molecule has 8 heteroatoms. The lowest BCUT2D eigenvalue weighted by atomic mass is 9.87. The molecule has 0 saturated carbocycles. The van der Waals surface area contributed by atoms with Crippen LogP contribution in [0.4, 0.5) is 0 Å². The number of nitrogens with one attached hydrogen (secondary N) is 1. The molecule has 0 radical (unpaired) electrons. The maximum atomic E-state index is 13.4. The van der Waals surface area contributed by atoms with Crippen LogP contribution in [0.25, 0.3) is 22.0 Å². The van der Waals surface area contributed by atoms with E-state index in [-0.39, 0.29) is 17.7 Å². The number of amides is 1. The molecule has 0 aliphatic rings. The van der Waals surface area contributed by atoms with E-state index in [1.54, 1.807) is 0 Å². The summed E-state index contributed by atoms with van der Waals surface area (Å²) in [6.45, 7) is 8.52. The molecular formula is C36H35N3O4S. The zero-order valence-electron chi connectivity index (χ0n) is 25.2. The van der Waals surface area contributed by atoms with Gasteiger partial charge < -0.3 is 15.2 Å². The van der Waals surface area contributed by atoms with Gasteiger partial charge in [0.05, 0.1) is 18.0 Å². The molecule has 1 atom stereocenters. The van der Waals surface area contributed by atoms with E-state index in [1.165, 1.54) is 17.3 Å². The number of benzene rings is 4. The molecule has 0 spiro atoms. The van der Waals surface area contributed by atoms with Crippen molar-refractivity contribution in [2.24, 2.45) is 0 Å². The molecule has 44 heavy (non-hydrogen) atoms. The molecule has 1 heterocycles. The number of carboxylic acid groups (broad SMARTS) is 1. The number of rotatable bonds is 10. The van der Waals surface area contributed by atoms with Gasteiger partial charge in [-0.05, 0) is 63.8 Å². The topological polar surface area (TPSA) is 101 Å². The highest BCUT2D eigenvalue weighted by molar-refractivity contribution is 7.99. The van der Waals surface area contributed by atoms with E-state index in [4.69, 9.17) is 4.74 Å². The Morgan fingerprint density at radius 2 is 1.52 bits per heavy atom. The van der Waals surface area contributed by atoms with Gasteiger partial charge >= 0.3 is 5.97 Å². The fraction of sp³-hybridized carbons (Fsp3) is 0.222. The Bertz CT molecular complexity index is 1770. The second-order valence-corrected chi connectivity index (χ2v) is 12.7. The SMILES string of the molecule is CCSc1nc(C(=O)NC(CC(=O)O)c2ccc(-c3ccccc3)cc2)nc2ccc(Oc3ccc(C(C)(C)C)cc3)cc12. The standard InChI is InChI=1S/C36H35N3O4S/c1-5-44-35-29-21-28(43-27-17-15-26(16-18-27)36(2,3)4)19-20-30(29)37-33(39-35)34(42)38-31(22-32(40)41)25-13-11-24(12-14-25)23-9-7-6-8-10-23/h6-21,31H,5,22H2,1-4H3,(H,38,42)(H,40,41). The van der Waals surface area contributed by atoms with Crippen LogP contribution >= 0.6 is 11.8 Å². The summed E-state index contributed by atoms with van der Waals surface area (Å²) in [5, 5.41) is 13.9. The minimum atomic E-state index is -1.02. The van der Waals surface area contributed by atoms with Gasteiger partial charge in [0.15, 0.2) is 0 Å². The van der Waals surface area contributed by atoms with Gasteiger partial charge in [0.25, 0.3) is 5.91 Å². The van der Waals surface area contributed by atoms with Gasteiger partial charge in [0.2, 0.25) is 5.82 Å². The fourth-order valence-corrected chi connectivity index (χ4v) is 5.58. The quantitative estimate of drug-likeness (QED) is 0.122. The van der Waals surface area contributed by atoms with E-state index in [1.807, 2.05) is 91.9 Å². The van der Waals surface area contributed by atoms with Crippen LogP contribution in [0.2, 0.25) is 0 Å². The average Bonchev–Trinajstić information content (AvgIpc) is 3.01. The van der Waals surface area contributed by atoms with Crippen LogP contribution in [0.15, 0.2) is 102 Å². The second-order valence-electron chi connectivity index (χ2n) is 11.5. The summed E-state index contributed by atoms with van der Waals surface area (Å²) in [4.78, 5) is 34.3. The highest BCUT2D eigenvalue weighted by Crippen LogP contribution is 2.32. The van der Waals surface area contributed by atoms with Gasteiger partial charge in [-0.25, -0.2) is 9.97 Å². The Kier molecular flexibility index (Phi) is 9.30. The summed E-state index contributed by atoms with van der Waals surface area (Å²) < 4.78 is 6.14. The van der Waals surface area contributed by atoms with Crippen LogP contribution in [0.3, 0.4) is 0 Å². The Hall–Kier alpha value is -4.69. The first-order valence-corrected chi connectivity index (χ1v) is 15.5. The summed E-state index contributed by atoms with van der Waals surface area (Å²) >= 11 is 1.50. The monoisotopic (exact) mass is 605 g/mol. The van der Waals surface area contributed by atoms with Gasteiger partial charge in [-0.3, -0.25) is 9.59 Å². The predicted molar refractivity (Wildman–Crippen MR) is 175 cm³/mol. The molecule has 0 saturated heterocycles. The zero-order chi connectivity index (χ0) is 31.3. The number of thioether (sulfide) groups is 1. The largest absolute Gasteiger partial charge is 0.481 e. The summed E-state index contributed by atoms with van der Waals surface area (Å²) in [6, 6.07) is 30.2. The molecule has 5 aromatic rings. The summed E-state index contributed by atoms with van der Waals surface area (Å²) in [7, 11) is 0. The molecule has 1 aromatic heterocycles. The molecule has 2 N–H and O–H groups in total. The smallest absolute Gasteiger partial charge is 0.305 e. The van der Waals surface area contributed by atoms with Crippen LogP contribution in [0.1, 0.15) is 61.9 Å². The minimum absolute atomic E-state index is 0.0174. The Morgan fingerprint density at radius 3 is 2.16 bits per heavy atom.